The van der Waals surface area contributed by atoms with E-state index in [1.165, 1.54) is 10.4 Å². The Bertz CT molecular complexity index is 1280. The third-order valence-corrected chi connectivity index (χ3v) is 7.78. The number of rotatable bonds is 2. The van der Waals surface area contributed by atoms with Gasteiger partial charge in [-0.3, -0.25) is 5.32 Å². The van der Waals surface area contributed by atoms with Gasteiger partial charge in [0.05, 0.1) is 14.9 Å². The lowest BCUT2D eigenvalue weighted by atomic mass is 9.92. The number of aryl methyl sites for hydroxylation is 2. The van der Waals surface area contributed by atoms with Crippen molar-refractivity contribution in [3.63, 3.8) is 0 Å². The molecule has 1 heterocycles. The van der Waals surface area contributed by atoms with Gasteiger partial charge in [0.1, 0.15) is 0 Å². The molecule has 0 aliphatic heterocycles. The molecule has 0 saturated heterocycles. The number of amides is 1. The van der Waals surface area contributed by atoms with Crippen molar-refractivity contribution in [2.45, 2.75) is 13.8 Å². The molecule has 4 rings (SSSR count). The Hall–Kier alpha value is -2.09. The zero-order valence-electron chi connectivity index (χ0n) is 14.9. The van der Waals surface area contributed by atoms with E-state index < -0.39 is 6.09 Å². The molecule has 1 aromatic heterocycles. The van der Waals surface area contributed by atoms with Gasteiger partial charge >= 0.3 is 6.09 Å². The van der Waals surface area contributed by atoms with Crippen LogP contribution in [0.3, 0.4) is 0 Å². The lowest BCUT2D eigenvalue weighted by Crippen LogP contribution is -2.07. The van der Waals surface area contributed by atoms with Crippen LogP contribution in [0, 0.1) is 13.8 Å². The number of anilines is 1. The van der Waals surface area contributed by atoms with E-state index in [2.05, 4.69) is 63.2 Å². The first-order chi connectivity index (χ1) is 13.3. The summed E-state index contributed by atoms with van der Waals surface area (Å²) in [6.45, 7) is 4.20. The fraction of sp³-hybridized carbons (Fsp3) is 0.0952. The van der Waals surface area contributed by atoms with Crippen molar-refractivity contribution >= 4 is 75.8 Å². The van der Waals surface area contributed by atoms with E-state index in [0.29, 0.717) is 4.47 Å². The summed E-state index contributed by atoms with van der Waals surface area (Å²) in [4.78, 5) is 12.4. The minimum Gasteiger partial charge on any atom is -0.505 e. The maximum Gasteiger partial charge on any atom is 0.409 e. The van der Waals surface area contributed by atoms with Crippen LogP contribution in [0.15, 0.2) is 45.3 Å². The molecule has 142 valence electrons. The summed E-state index contributed by atoms with van der Waals surface area (Å²) in [6, 6.07) is 11.6. The number of carbonyl (C=O) groups is 1. The lowest BCUT2D eigenvalue weighted by molar-refractivity contribution is 0.209. The van der Waals surface area contributed by atoms with E-state index in [-0.39, 0.29) is 11.4 Å². The van der Waals surface area contributed by atoms with E-state index in [1.54, 1.807) is 17.4 Å². The number of hydrogen-bond acceptors (Lipinski definition) is 3. The molecule has 0 radical (unpaired) electrons. The molecule has 0 spiro atoms. The van der Waals surface area contributed by atoms with Crippen LogP contribution < -0.4 is 5.32 Å². The highest BCUT2D eigenvalue weighted by Crippen LogP contribution is 2.48. The molecule has 0 bridgehead atoms. The highest BCUT2D eigenvalue weighted by Gasteiger charge is 2.20. The first kappa shape index (κ1) is 19.2. The molecule has 0 fully saturated rings. The van der Waals surface area contributed by atoms with Crippen LogP contribution >= 0.6 is 43.2 Å². The average molecular weight is 521 g/mol. The van der Waals surface area contributed by atoms with Crippen molar-refractivity contribution in [3.05, 3.63) is 55.8 Å². The van der Waals surface area contributed by atoms with Crippen LogP contribution in [-0.4, -0.2) is 16.3 Å². The van der Waals surface area contributed by atoms with Crippen LogP contribution in [-0.2, 0) is 0 Å². The molecular weight excluding hydrogens is 506 g/mol. The standard InChI is InChI=1S/C21H15Br2NO3S/c1-9-10(2)28-20-16(9)17(12-5-3-4-6-13(12)18(20)23)11-7-14(22)19(25)15(8-11)24-21(26)27/h3-8,24-25H,1-2H3,(H,26,27). The van der Waals surface area contributed by atoms with Gasteiger partial charge in [-0.2, -0.15) is 0 Å². The number of hydrogen-bond donors (Lipinski definition) is 3. The maximum atomic E-state index is 11.2. The molecule has 3 N–H and O–H groups in total. The Kier molecular flexibility index (Phi) is 4.85. The summed E-state index contributed by atoms with van der Waals surface area (Å²) >= 11 is 8.88. The fourth-order valence-corrected chi connectivity index (χ4v) is 5.85. The predicted molar refractivity (Wildman–Crippen MR) is 123 cm³/mol. The smallest absolute Gasteiger partial charge is 0.409 e. The quantitative estimate of drug-likeness (QED) is 0.237. The zero-order chi connectivity index (χ0) is 20.2. The van der Waals surface area contributed by atoms with E-state index in [9.17, 15) is 9.90 Å². The molecule has 0 aliphatic rings. The second kappa shape index (κ2) is 7.06. The zero-order valence-corrected chi connectivity index (χ0v) is 18.9. The van der Waals surface area contributed by atoms with Gasteiger partial charge in [-0.15, -0.1) is 11.3 Å². The van der Waals surface area contributed by atoms with Crippen LogP contribution in [0.1, 0.15) is 10.4 Å². The topological polar surface area (TPSA) is 69.6 Å². The van der Waals surface area contributed by atoms with Gasteiger partial charge in [0.25, 0.3) is 0 Å². The van der Waals surface area contributed by atoms with Crippen molar-refractivity contribution in [1.82, 2.24) is 0 Å². The molecule has 28 heavy (non-hydrogen) atoms. The Balaban J connectivity index is 2.18. The van der Waals surface area contributed by atoms with Gasteiger partial charge in [0.2, 0.25) is 0 Å². The molecular formula is C21H15Br2NO3S. The summed E-state index contributed by atoms with van der Waals surface area (Å²) in [5.74, 6) is -0.137. The van der Waals surface area contributed by atoms with Gasteiger partial charge in [0, 0.05) is 14.7 Å². The van der Waals surface area contributed by atoms with E-state index in [4.69, 9.17) is 5.11 Å². The molecule has 0 atom stereocenters. The second-order valence-electron chi connectivity index (χ2n) is 6.51. The van der Waals surface area contributed by atoms with E-state index >= 15 is 0 Å². The monoisotopic (exact) mass is 519 g/mol. The van der Waals surface area contributed by atoms with Crippen molar-refractivity contribution in [2.75, 3.05) is 5.32 Å². The maximum absolute atomic E-state index is 11.2. The summed E-state index contributed by atoms with van der Waals surface area (Å²) in [7, 11) is 0. The lowest BCUT2D eigenvalue weighted by Gasteiger charge is -2.15. The van der Waals surface area contributed by atoms with Crippen LogP contribution in [0.5, 0.6) is 5.75 Å². The van der Waals surface area contributed by atoms with Crippen LogP contribution in [0.2, 0.25) is 0 Å². The first-order valence-corrected chi connectivity index (χ1v) is 10.8. The summed E-state index contributed by atoms with van der Waals surface area (Å²) in [5, 5.41) is 25.0. The Morgan fingerprint density at radius 2 is 1.79 bits per heavy atom. The van der Waals surface area contributed by atoms with Crippen molar-refractivity contribution in [3.8, 4) is 16.9 Å². The summed E-state index contributed by atoms with van der Waals surface area (Å²) < 4.78 is 2.64. The highest BCUT2D eigenvalue weighted by atomic mass is 79.9. The number of halogens is 2. The summed E-state index contributed by atoms with van der Waals surface area (Å²) in [5.41, 5.74) is 3.17. The van der Waals surface area contributed by atoms with Gasteiger partial charge in [-0.1, -0.05) is 24.3 Å². The third kappa shape index (κ3) is 2.98. The van der Waals surface area contributed by atoms with E-state index in [1.807, 2.05) is 18.2 Å². The van der Waals surface area contributed by atoms with Crippen LogP contribution in [0.4, 0.5) is 10.5 Å². The molecule has 0 saturated carbocycles. The van der Waals surface area contributed by atoms with Gasteiger partial charge in [-0.25, -0.2) is 4.79 Å². The number of aromatic hydroxyl groups is 1. The Morgan fingerprint density at radius 1 is 1.11 bits per heavy atom. The number of fused-ring (bicyclic) bond motifs is 2. The second-order valence-corrected chi connectivity index (χ2v) is 9.38. The van der Waals surface area contributed by atoms with Crippen molar-refractivity contribution in [1.29, 1.82) is 0 Å². The highest BCUT2D eigenvalue weighted by molar-refractivity contribution is 9.11. The normalized spacial score (nSPS) is 11.3. The van der Waals surface area contributed by atoms with Crippen molar-refractivity contribution in [2.24, 2.45) is 0 Å². The fourth-order valence-electron chi connectivity index (χ4n) is 3.49. The molecule has 1 amide bonds. The van der Waals surface area contributed by atoms with E-state index in [0.717, 1.165) is 36.5 Å². The predicted octanol–water partition coefficient (Wildman–Crippen LogP) is 7.66. The minimum atomic E-state index is -1.23. The summed E-state index contributed by atoms with van der Waals surface area (Å²) in [6.07, 6.45) is -1.23. The molecule has 3 aromatic carbocycles. The van der Waals surface area contributed by atoms with Crippen LogP contribution in [0.25, 0.3) is 32.0 Å². The van der Waals surface area contributed by atoms with Gasteiger partial charge < -0.3 is 10.2 Å². The van der Waals surface area contributed by atoms with Crippen molar-refractivity contribution < 1.29 is 15.0 Å². The SMILES string of the molecule is Cc1sc2c(Br)c3ccccc3c(-c3cc(Br)c(O)c(NC(=O)O)c3)c2c1C. The number of nitrogens with one attached hydrogen (secondary N) is 1. The number of carboxylic acid groups (broad SMARTS) is 1. The first-order valence-electron chi connectivity index (χ1n) is 8.42. The van der Waals surface area contributed by atoms with Gasteiger partial charge in [0.15, 0.2) is 5.75 Å². The average Bonchev–Trinajstić information content (AvgIpc) is 2.94. The third-order valence-electron chi connectivity index (χ3n) is 4.86. The number of thiophene rings is 1. The number of phenolic OH excluding ortho intramolecular Hbond substituents is 1. The Morgan fingerprint density at radius 3 is 2.46 bits per heavy atom. The van der Waals surface area contributed by atoms with Gasteiger partial charge in [-0.05, 0) is 85.3 Å². The molecule has 4 nitrogen and oxygen atoms in total. The number of phenols is 1. The molecule has 0 unspecified atom stereocenters. The molecule has 4 aromatic rings. The molecule has 0 aliphatic carbocycles. The molecule has 7 heteroatoms. The largest absolute Gasteiger partial charge is 0.505 e. The minimum absolute atomic E-state index is 0.137. The Labute approximate surface area is 182 Å². The number of benzene rings is 3.